The number of nitrogens with zero attached hydrogens (tertiary/aromatic N) is 5. The second kappa shape index (κ2) is 19.3. The van der Waals surface area contributed by atoms with Crippen LogP contribution in [0.3, 0.4) is 0 Å². The summed E-state index contributed by atoms with van der Waals surface area (Å²) >= 11 is 0. The number of aromatic nitrogens is 5. The molecule has 0 amide bonds. The summed E-state index contributed by atoms with van der Waals surface area (Å²) in [4.78, 5) is 20.7. The van der Waals surface area contributed by atoms with Crippen LogP contribution in [0, 0.1) is 13.8 Å². The summed E-state index contributed by atoms with van der Waals surface area (Å²) in [5.74, 6) is 0.976. The quantitative estimate of drug-likeness (QED) is 0.135. The predicted octanol–water partition coefficient (Wildman–Crippen LogP) is 18.4. The molecule has 12 aromatic rings. The van der Waals surface area contributed by atoms with E-state index in [0.29, 0.717) is 84.5 Å². The van der Waals surface area contributed by atoms with Crippen molar-refractivity contribution in [2.45, 2.75) is 26.2 Å². The molecule has 3 aromatic heterocycles. The van der Waals surface area contributed by atoms with Gasteiger partial charge in [0, 0.05) is 44.2 Å². The molecular weight excluding hydrogens is 977 g/mol. The van der Waals surface area contributed by atoms with Crippen LogP contribution >= 0.6 is 0 Å². The Hall–Kier alpha value is -9.48. The van der Waals surface area contributed by atoms with Crippen LogP contribution in [-0.2, 0) is 12.4 Å². The van der Waals surface area contributed by atoms with Gasteiger partial charge < -0.3 is 4.57 Å². The van der Waals surface area contributed by atoms with Gasteiger partial charge in [0.25, 0.3) is 0 Å². The van der Waals surface area contributed by atoms with Gasteiger partial charge in [0.05, 0.1) is 50.6 Å². The third kappa shape index (κ3) is 9.41. The zero-order chi connectivity index (χ0) is 53.0. The lowest BCUT2D eigenvalue weighted by molar-refractivity contribution is -0.138. The first-order valence-corrected chi connectivity index (χ1v) is 24.8. The number of fused-ring (bicyclic) bond motifs is 3. The number of rotatable bonds is 9. The molecule has 3 heterocycles. The predicted molar refractivity (Wildman–Crippen MR) is 295 cm³/mol. The lowest BCUT2D eigenvalue weighted by atomic mass is 9.96. The van der Waals surface area contributed by atoms with Crippen molar-refractivity contribution in [3.05, 3.63) is 247 Å². The first kappa shape index (κ1) is 48.5. The van der Waals surface area contributed by atoms with Gasteiger partial charge in [0.2, 0.25) is 0 Å². The van der Waals surface area contributed by atoms with E-state index in [-0.39, 0.29) is 5.56 Å². The van der Waals surface area contributed by atoms with E-state index in [1.54, 1.807) is 32.0 Å². The minimum Gasteiger partial charge on any atom is -0.309 e. The fourth-order valence-corrected chi connectivity index (χ4v) is 10.1. The maximum Gasteiger partial charge on any atom is 0.417 e. The van der Waals surface area contributed by atoms with Crippen LogP contribution in [0.5, 0.6) is 0 Å². The highest BCUT2D eigenvalue weighted by atomic mass is 19.4. The van der Waals surface area contributed by atoms with Crippen molar-refractivity contribution in [1.29, 1.82) is 0 Å². The van der Waals surface area contributed by atoms with E-state index < -0.39 is 23.5 Å². The molecule has 0 aliphatic rings. The van der Waals surface area contributed by atoms with Gasteiger partial charge in [0.1, 0.15) is 0 Å². The van der Waals surface area contributed by atoms with Crippen LogP contribution in [0.4, 0.5) is 26.3 Å². The van der Waals surface area contributed by atoms with E-state index in [0.717, 1.165) is 56.8 Å². The Morgan fingerprint density at radius 1 is 0.338 bits per heavy atom. The van der Waals surface area contributed by atoms with E-state index in [1.807, 2.05) is 180 Å². The van der Waals surface area contributed by atoms with Crippen molar-refractivity contribution >= 4 is 21.8 Å². The van der Waals surface area contributed by atoms with Gasteiger partial charge >= 0.3 is 12.4 Å². The van der Waals surface area contributed by atoms with E-state index in [4.69, 9.17) is 19.9 Å². The number of aryl methyl sites for hydroxylation is 2. The van der Waals surface area contributed by atoms with Crippen LogP contribution < -0.4 is 0 Å². The van der Waals surface area contributed by atoms with Crippen molar-refractivity contribution in [1.82, 2.24) is 24.5 Å². The highest BCUT2D eigenvalue weighted by Crippen LogP contribution is 2.44. The fourth-order valence-electron chi connectivity index (χ4n) is 10.1. The number of alkyl halides is 6. The molecule has 0 radical (unpaired) electrons. The molecule has 12 rings (SSSR count). The minimum absolute atomic E-state index is 0.0152. The van der Waals surface area contributed by atoms with Gasteiger partial charge in [-0.2, -0.15) is 26.3 Å². The van der Waals surface area contributed by atoms with Gasteiger partial charge in [0.15, 0.2) is 11.6 Å². The molecule has 374 valence electrons. The van der Waals surface area contributed by atoms with Crippen LogP contribution in [0.15, 0.2) is 224 Å². The summed E-state index contributed by atoms with van der Waals surface area (Å²) in [6.07, 6.45) is -9.19. The van der Waals surface area contributed by atoms with E-state index in [9.17, 15) is 26.3 Å². The molecule has 0 fully saturated rings. The molecule has 11 heteroatoms. The molecule has 0 unspecified atom stereocenters. The largest absolute Gasteiger partial charge is 0.417 e. The molecule has 0 spiro atoms. The highest BCUT2D eigenvalue weighted by Gasteiger charge is 2.34. The van der Waals surface area contributed by atoms with Gasteiger partial charge in [-0.05, 0) is 96.3 Å². The second-order valence-corrected chi connectivity index (χ2v) is 19.0. The summed E-state index contributed by atoms with van der Waals surface area (Å²) in [5, 5.41) is 1.51. The minimum atomic E-state index is -4.65. The summed E-state index contributed by atoms with van der Waals surface area (Å²) < 4.78 is 88.9. The van der Waals surface area contributed by atoms with Gasteiger partial charge in [-0.25, -0.2) is 19.9 Å². The lowest BCUT2D eigenvalue weighted by Crippen LogP contribution is -2.07. The maximum absolute atomic E-state index is 15.0. The zero-order valence-electron chi connectivity index (χ0n) is 41.4. The van der Waals surface area contributed by atoms with Crippen molar-refractivity contribution < 1.29 is 26.3 Å². The molecule has 77 heavy (non-hydrogen) atoms. The monoisotopic (exact) mass is 1020 g/mol. The molecule has 0 N–H and O–H groups in total. The first-order chi connectivity index (χ1) is 37.2. The van der Waals surface area contributed by atoms with Crippen molar-refractivity contribution in [3.8, 4) is 95.7 Å². The van der Waals surface area contributed by atoms with Crippen LogP contribution in [-0.4, -0.2) is 24.5 Å². The Kier molecular flexibility index (Phi) is 12.2. The Morgan fingerprint density at radius 2 is 0.792 bits per heavy atom. The molecule has 0 aliphatic carbocycles. The van der Waals surface area contributed by atoms with Gasteiger partial charge in [-0.3, -0.25) is 0 Å². The standard InChI is InChI=1S/C66H43F6N5/c1-40-23-28-51(55(33-40)66(70,71)72)47-25-30-53-52-29-24-46(50-31-27-49(34-41(50)2)65(67,68)69)36-61(52)77(62(53)37-47)60-32-26-48(58-38-56(42-15-7-3-8-16-42)73-63(75-58)44-19-11-5-12-20-44)35-54(60)59-39-57(43-17-9-4-10-18-43)74-64(76-59)45-21-13-6-14-22-45/h3-39H,1-2H3. The van der Waals surface area contributed by atoms with Crippen LogP contribution in [0.1, 0.15) is 22.3 Å². The average molecular weight is 1020 g/mol. The normalized spacial score (nSPS) is 11.9. The summed E-state index contributed by atoms with van der Waals surface area (Å²) in [6, 6.07) is 68.0. The van der Waals surface area contributed by atoms with Crippen molar-refractivity contribution in [2.24, 2.45) is 0 Å². The van der Waals surface area contributed by atoms with Crippen LogP contribution in [0.25, 0.3) is 118 Å². The molecule has 0 saturated carbocycles. The van der Waals surface area contributed by atoms with Crippen molar-refractivity contribution in [2.75, 3.05) is 0 Å². The van der Waals surface area contributed by atoms with Crippen molar-refractivity contribution in [3.63, 3.8) is 0 Å². The fraction of sp³-hybridized carbons (Fsp3) is 0.0606. The summed E-state index contributed by atoms with van der Waals surface area (Å²) in [7, 11) is 0. The van der Waals surface area contributed by atoms with E-state index in [2.05, 4.69) is 0 Å². The molecular formula is C66H43F6N5. The third-order valence-electron chi connectivity index (χ3n) is 13.9. The molecule has 5 nitrogen and oxygen atoms in total. The van der Waals surface area contributed by atoms with Crippen LogP contribution in [0.2, 0.25) is 0 Å². The first-order valence-electron chi connectivity index (χ1n) is 24.8. The Morgan fingerprint density at radius 3 is 1.30 bits per heavy atom. The number of hydrogen-bond acceptors (Lipinski definition) is 4. The number of hydrogen-bond donors (Lipinski definition) is 0. The average Bonchev–Trinajstić information content (AvgIpc) is 3.98. The Balaban J connectivity index is 1.18. The van der Waals surface area contributed by atoms with Gasteiger partial charge in [-0.1, -0.05) is 175 Å². The summed E-state index contributed by atoms with van der Waals surface area (Å²) in [6.45, 7) is 3.28. The highest BCUT2D eigenvalue weighted by molar-refractivity contribution is 6.12. The SMILES string of the molecule is Cc1ccc(-c2ccc3c4ccc(-c5ccc(C(F)(F)F)cc5C)cc4n(-c4ccc(-c5cc(-c6ccccc6)nc(-c6ccccc6)n5)cc4-c4cc(-c5ccccc5)nc(-c5ccccc5)n4)c3c2)c(C(F)(F)F)c1. The molecule has 0 bridgehead atoms. The lowest BCUT2D eigenvalue weighted by Gasteiger charge is -2.18. The Bertz CT molecular complexity index is 4080. The second-order valence-electron chi connectivity index (χ2n) is 19.0. The molecule has 0 saturated heterocycles. The van der Waals surface area contributed by atoms with Gasteiger partial charge in [-0.15, -0.1) is 0 Å². The third-order valence-corrected chi connectivity index (χ3v) is 13.9. The topological polar surface area (TPSA) is 56.5 Å². The summed E-state index contributed by atoms with van der Waals surface area (Å²) in [5.41, 5.74) is 10.0. The number of benzene rings is 9. The maximum atomic E-state index is 15.0. The molecule has 9 aromatic carbocycles. The number of halogens is 6. The molecule has 0 aliphatic heterocycles. The zero-order valence-corrected chi connectivity index (χ0v) is 41.4. The van der Waals surface area contributed by atoms with E-state index >= 15 is 0 Å². The van der Waals surface area contributed by atoms with E-state index in [1.165, 1.54) is 12.1 Å². The Labute approximate surface area is 439 Å². The smallest absolute Gasteiger partial charge is 0.309 e. The molecule has 0 atom stereocenters.